The molecular weight excluding hydrogens is 356 g/mol. The van der Waals surface area contributed by atoms with Gasteiger partial charge in [-0.1, -0.05) is 0 Å². The number of aryl methyl sites for hydroxylation is 1. The molecule has 0 bridgehead atoms. The molecule has 1 aliphatic heterocycles. The Labute approximate surface area is 161 Å². The zero-order valence-electron chi connectivity index (χ0n) is 15.9. The quantitative estimate of drug-likeness (QED) is 0.559. The number of rotatable bonds is 4. The number of hydrogen-bond acceptors (Lipinski definition) is 7. The van der Waals surface area contributed by atoms with Crippen molar-refractivity contribution in [1.29, 1.82) is 0 Å². The van der Waals surface area contributed by atoms with Crippen LogP contribution in [0.4, 0.5) is 11.5 Å². The van der Waals surface area contributed by atoms with E-state index in [1.165, 1.54) is 0 Å². The molecule has 144 valence electrons. The van der Waals surface area contributed by atoms with Crippen LogP contribution in [-0.4, -0.2) is 64.8 Å². The van der Waals surface area contributed by atoms with E-state index in [1.807, 2.05) is 25.6 Å². The van der Waals surface area contributed by atoms with E-state index in [2.05, 4.69) is 47.3 Å². The van der Waals surface area contributed by atoms with Crippen LogP contribution in [0.25, 0.3) is 22.4 Å². The number of fused-ring (bicyclic) bond motifs is 1. The minimum atomic E-state index is 0.440. The summed E-state index contributed by atoms with van der Waals surface area (Å²) >= 11 is 0. The van der Waals surface area contributed by atoms with Crippen molar-refractivity contribution in [2.45, 2.75) is 18.9 Å². The molecule has 0 aliphatic carbocycles. The van der Waals surface area contributed by atoms with E-state index in [4.69, 9.17) is 4.98 Å². The summed E-state index contributed by atoms with van der Waals surface area (Å²) in [6, 6.07) is 0.440. The van der Waals surface area contributed by atoms with E-state index in [-0.39, 0.29) is 0 Å². The minimum absolute atomic E-state index is 0.440. The molecule has 4 aromatic heterocycles. The summed E-state index contributed by atoms with van der Waals surface area (Å²) in [6.07, 6.45) is 11.5. The first-order valence-electron chi connectivity index (χ1n) is 9.35. The average Bonchev–Trinajstić information content (AvgIpc) is 3.43. The molecule has 0 aromatic carbocycles. The highest BCUT2D eigenvalue weighted by Crippen LogP contribution is 2.27. The largest absolute Gasteiger partial charge is 0.336 e. The number of aromatic nitrogens is 8. The van der Waals surface area contributed by atoms with Gasteiger partial charge in [0.25, 0.3) is 0 Å². The molecular formula is C18H22N10. The van der Waals surface area contributed by atoms with E-state index in [9.17, 15) is 0 Å². The van der Waals surface area contributed by atoms with Gasteiger partial charge in [0.2, 0.25) is 0 Å². The summed E-state index contributed by atoms with van der Waals surface area (Å²) in [5.74, 6) is 1.27. The lowest BCUT2D eigenvalue weighted by Gasteiger charge is -2.28. The summed E-state index contributed by atoms with van der Waals surface area (Å²) in [6.45, 7) is 2.20. The molecule has 10 heteroatoms. The molecule has 0 atom stereocenters. The summed E-state index contributed by atoms with van der Waals surface area (Å²) in [7, 11) is 4.04. The van der Waals surface area contributed by atoms with Crippen LogP contribution in [0.2, 0.25) is 0 Å². The fourth-order valence-electron chi connectivity index (χ4n) is 3.59. The van der Waals surface area contributed by atoms with Crippen molar-refractivity contribution in [3.63, 3.8) is 0 Å². The van der Waals surface area contributed by atoms with Gasteiger partial charge in [-0.25, -0.2) is 9.97 Å². The first-order chi connectivity index (χ1) is 13.7. The molecule has 4 aromatic rings. The molecule has 1 aliphatic rings. The highest BCUT2D eigenvalue weighted by Gasteiger charge is 2.19. The van der Waals surface area contributed by atoms with Gasteiger partial charge in [-0.2, -0.15) is 15.3 Å². The Hall–Kier alpha value is -3.27. The smallest absolute Gasteiger partial charge is 0.165 e. The van der Waals surface area contributed by atoms with Gasteiger partial charge < -0.3 is 10.2 Å². The molecule has 0 amide bonds. The highest BCUT2D eigenvalue weighted by molar-refractivity contribution is 5.88. The number of likely N-dealkylation sites (tertiary alicyclic amines) is 1. The van der Waals surface area contributed by atoms with Crippen LogP contribution in [0.5, 0.6) is 0 Å². The Morgan fingerprint density at radius 3 is 2.68 bits per heavy atom. The van der Waals surface area contributed by atoms with Gasteiger partial charge in [0.1, 0.15) is 11.0 Å². The predicted molar refractivity (Wildman–Crippen MR) is 105 cm³/mol. The first kappa shape index (κ1) is 16.9. The van der Waals surface area contributed by atoms with Crippen molar-refractivity contribution >= 4 is 22.5 Å². The Morgan fingerprint density at radius 2 is 1.89 bits per heavy atom. The van der Waals surface area contributed by atoms with Gasteiger partial charge in [-0.15, -0.1) is 0 Å². The lowest BCUT2D eigenvalue weighted by molar-refractivity contribution is 0.212. The zero-order valence-corrected chi connectivity index (χ0v) is 15.9. The maximum Gasteiger partial charge on any atom is 0.165 e. The SMILES string of the molecule is CN1CCC(n2cc(Nc3nc(-c4cnn(C)c4)nc4cn[nH]c34)cn2)CC1. The monoisotopic (exact) mass is 378 g/mol. The number of anilines is 2. The molecule has 0 unspecified atom stereocenters. The van der Waals surface area contributed by atoms with Crippen LogP contribution in [-0.2, 0) is 7.05 Å². The second-order valence-electron chi connectivity index (χ2n) is 7.30. The topological polar surface area (TPSA) is 105 Å². The van der Waals surface area contributed by atoms with Gasteiger partial charge in [-0.3, -0.25) is 14.5 Å². The lowest BCUT2D eigenvalue weighted by Crippen LogP contribution is -2.31. The van der Waals surface area contributed by atoms with Crippen LogP contribution < -0.4 is 5.32 Å². The fraction of sp³-hybridized carbons (Fsp3) is 0.389. The van der Waals surface area contributed by atoms with E-state index >= 15 is 0 Å². The van der Waals surface area contributed by atoms with Crippen molar-refractivity contribution in [3.8, 4) is 11.4 Å². The molecule has 0 radical (unpaired) electrons. The van der Waals surface area contributed by atoms with Gasteiger partial charge in [0.15, 0.2) is 11.6 Å². The van der Waals surface area contributed by atoms with Crippen LogP contribution in [0.15, 0.2) is 31.0 Å². The normalized spacial score (nSPS) is 16.1. The van der Waals surface area contributed by atoms with Gasteiger partial charge in [-0.05, 0) is 33.0 Å². The van der Waals surface area contributed by atoms with E-state index in [0.717, 1.165) is 48.2 Å². The maximum atomic E-state index is 4.69. The van der Waals surface area contributed by atoms with Gasteiger partial charge in [0, 0.05) is 19.4 Å². The molecule has 10 nitrogen and oxygen atoms in total. The Morgan fingerprint density at radius 1 is 1.04 bits per heavy atom. The second kappa shape index (κ2) is 6.71. The summed E-state index contributed by atoms with van der Waals surface area (Å²) in [5, 5.41) is 19.2. The standard InChI is InChI=1S/C18H22N10/c1-26-5-3-14(4-6-26)28-11-13(8-21-28)22-18-16-15(9-19-25-16)23-17(24-18)12-7-20-27(2)10-12/h7-11,14H,3-6H2,1-2H3,(H,19,25)(H,22,23,24). The summed E-state index contributed by atoms with van der Waals surface area (Å²) in [5.41, 5.74) is 3.26. The molecule has 2 N–H and O–H groups in total. The zero-order chi connectivity index (χ0) is 19.1. The summed E-state index contributed by atoms with van der Waals surface area (Å²) < 4.78 is 3.79. The summed E-state index contributed by atoms with van der Waals surface area (Å²) in [4.78, 5) is 11.6. The molecule has 5 rings (SSSR count). The highest BCUT2D eigenvalue weighted by atomic mass is 15.3. The van der Waals surface area contributed by atoms with Crippen LogP contribution in [0, 0.1) is 0 Å². The average molecular weight is 378 g/mol. The second-order valence-corrected chi connectivity index (χ2v) is 7.30. The molecule has 0 spiro atoms. The number of nitrogens with zero attached hydrogens (tertiary/aromatic N) is 8. The van der Waals surface area contributed by atoms with E-state index in [1.54, 1.807) is 17.1 Å². The van der Waals surface area contributed by atoms with Crippen molar-refractivity contribution in [3.05, 3.63) is 31.0 Å². The van der Waals surface area contributed by atoms with Crippen molar-refractivity contribution in [2.24, 2.45) is 7.05 Å². The molecule has 5 heterocycles. The van der Waals surface area contributed by atoms with Crippen LogP contribution in [0.1, 0.15) is 18.9 Å². The minimum Gasteiger partial charge on any atom is -0.336 e. The Bertz CT molecular complexity index is 1100. The third-order valence-corrected chi connectivity index (χ3v) is 5.19. The number of nitrogens with one attached hydrogen (secondary N) is 2. The molecule has 1 fully saturated rings. The Balaban J connectivity index is 1.44. The predicted octanol–water partition coefficient (Wildman–Crippen LogP) is 1.96. The third-order valence-electron chi connectivity index (χ3n) is 5.19. The number of hydrogen-bond donors (Lipinski definition) is 2. The number of aromatic amines is 1. The van der Waals surface area contributed by atoms with E-state index < -0.39 is 0 Å². The van der Waals surface area contributed by atoms with Crippen LogP contribution >= 0.6 is 0 Å². The fourth-order valence-corrected chi connectivity index (χ4v) is 3.59. The maximum absolute atomic E-state index is 4.69. The van der Waals surface area contributed by atoms with Crippen LogP contribution in [0.3, 0.4) is 0 Å². The van der Waals surface area contributed by atoms with Crippen molar-refractivity contribution < 1.29 is 0 Å². The molecule has 0 saturated carbocycles. The number of H-pyrrole nitrogens is 1. The third kappa shape index (κ3) is 3.11. The van der Waals surface area contributed by atoms with Crippen molar-refractivity contribution in [2.75, 3.05) is 25.5 Å². The lowest BCUT2D eigenvalue weighted by atomic mass is 10.1. The Kier molecular flexibility index (Phi) is 4.05. The van der Waals surface area contributed by atoms with Gasteiger partial charge in [0.05, 0.1) is 35.9 Å². The molecule has 1 saturated heterocycles. The number of piperidine rings is 1. The molecule has 28 heavy (non-hydrogen) atoms. The van der Waals surface area contributed by atoms with Crippen molar-refractivity contribution in [1.82, 2.24) is 44.6 Å². The first-order valence-corrected chi connectivity index (χ1v) is 9.35. The van der Waals surface area contributed by atoms with E-state index in [0.29, 0.717) is 17.7 Å². The van der Waals surface area contributed by atoms with Gasteiger partial charge >= 0.3 is 0 Å².